The topological polar surface area (TPSA) is 62.3 Å². The molecule has 1 saturated heterocycles. The maximum atomic E-state index is 13.8. The van der Waals surface area contributed by atoms with Gasteiger partial charge < -0.3 is 10.2 Å². The predicted molar refractivity (Wildman–Crippen MR) is 126 cm³/mol. The Labute approximate surface area is 189 Å². The molecule has 0 bridgehead atoms. The molecule has 0 spiro atoms. The summed E-state index contributed by atoms with van der Waals surface area (Å²) in [4.78, 5) is 33.6. The van der Waals surface area contributed by atoms with Crippen molar-refractivity contribution >= 4 is 33.4 Å². The number of para-hydroxylation sites is 1. The second kappa shape index (κ2) is 9.68. The Bertz CT molecular complexity index is 934. The molecule has 168 valence electrons. The average Bonchev–Trinajstić information content (AvgIpc) is 3.44. The van der Waals surface area contributed by atoms with Crippen molar-refractivity contribution in [3.05, 3.63) is 28.8 Å². The minimum Gasteiger partial charge on any atom is -0.344 e. The van der Waals surface area contributed by atoms with Crippen molar-refractivity contribution in [3.63, 3.8) is 0 Å². The summed E-state index contributed by atoms with van der Waals surface area (Å²) in [5.74, 6) is 0.286. The highest BCUT2D eigenvalue weighted by atomic mass is 32.1. The van der Waals surface area contributed by atoms with Crippen LogP contribution in [0.2, 0.25) is 0 Å². The molecule has 1 aliphatic heterocycles. The molecular weight excluding hydrogens is 406 g/mol. The van der Waals surface area contributed by atoms with Crippen LogP contribution in [0.4, 0.5) is 0 Å². The molecule has 1 aromatic heterocycles. The first-order valence-electron chi connectivity index (χ1n) is 12.0. The van der Waals surface area contributed by atoms with Crippen LogP contribution in [0.1, 0.15) is 81.8 Å². The van der Waals surface area contributed by atoms with Gasteiger partial charge in [-0.1, -0.05) is 45.2 Å². The molecule has 4 rings (SSSR count). The number of hydrogen-bond acceptors (Lipinski definition) is 4. The van der Waals surface area contributed by atoms with E-state index in [-0.39, 0.29) is 29.7 Å². The predicted octanol–water partition coefficient (Wildman–Crippen LogP) is 5.38. The first-order chi connectivity index (χ1) is 15.0. The highest BCUT2D eigenvalue weighted by Gasteiger charge is 2.40. The number of nitrogens with one attached hydrogen (secondary N) is 1. The number of carbonyl (C=O) groups is 2. The molecule has 2 heterocycles. The van der Waals surface area contributed by atoms with E-state index in [0.29, 0.717) is 0 Å². The Kier molecular flexibility index (Phi) is 6.95. The third kappa shape index (κ3) is 4.64. The normalized spacial score (nSPS) is 21.9. The van der Waals surface area contributed by atoms with Crippen LogP contribution in [0, 0.1) is 18.8 Å². The number of amides is 2. The van der Waals surface area contributed by atoms with Crippen LogP contribution in [0.3, 0.4) is 0 Å². The summed E-state index contributed by atoms with van der Waals surface area (Å²) >= 11 is 1.71. The smallest absolute Gasteiger partial charge is 0.246 e. The van der Waals surface area contributed by atoms with Gasteiger partial charge in [0.05, 0.1) is 16.3 Å². The SMILES string of the molecule is CC[C@@H](C)C(=O)N[C@H](C(=O)N1CCC[C@H]1c1nc2c(C)cccc2s1)C1CCCCC1. The van der Waals surface area contributed by atoms with Crippen molar-refractivity contribution in [2.24, 2.45) is 11.8 Å². The summed E-state index contributed by atoms with van der Waals surface area (Å²) in [5, 5.41) is 4.21. The van der Waals surface area contributed by atoms with Gasteiger partial charge in [0.1, 0.15) is 11.0 Å². The molecule has 2 aliphatic rings. The van der Waals surface area contributed by atoms with Crippen LogP contribution in [0.15, 0.2) is 18.2 Å². The maximum absolute atomic E-state index is 13.8. The molecule has 1 N–H and O–H groups in total. The number of thiazole rings is 1. The Morgan fingerprint density at radius 3 is 2.68 bits per heavy atom. The third-order valence-corrected chi connectivity index (χ3v) is 8.33. The first kappa shape index (κ1) is 22.3. The van der Waals surface area contributed by atoms with Crippen LogP contribution in [-0.4, -0.2) is 34.3 Å². The van der Waals surface area contributed by atoms with E-state index in [9.17, 15) is 9.59 Å². The second-order valence-corrected chi connectivity index (χ2v) is 10.4. The Hall–Kier alpha value is -1.95. The number of carbonyl (C=O) groups excluding carboxylic acids is 2. The fourth-order valence-corrected chi connectivity index (χ4v) is 6.23. The van der Waals surface area contributed by atoms with Gasteiger partial charge in [-0.05, 0) is 56.6 Å². The van der Waals surface area contributed by atoms with Crippen LogP contribution in [0.5, 0.6) is 0 Å². The molecule has 1 saturated carbocycles. The van der Waals surface area contributed by atoms with Crippen molar-refractivity contribution in [3.8, 4) is 0 Å². The lowest BCUT2D eigenvalue weighted by Crippen LogP contribution is -2.53. The van der Waals surface area contributed by atoms with Crippen molar-refractivity contribution in [1.29, 1.82) is 0 Å². The summed E-state index contributed by atoms with van der Waals surface area (Å²) in [6.07, 6.45) is 8.29. The molecule has 1 aliphatic carbocycles. The molecular formula is C25H35N3O2S. The van der Waals surface area contributed by atoms with Gasteiger partial charge in [0, 0.05) is 12.5 Å². The van der Waals surface area contributed by atoms with Crippen molar-refractivity contribution in [2.45, 2.75) is 84.2 Å². The quantitative estimate of drug-likeness (QED) is 0.655. The zero-order valence-corrected chi connectivity index (χ0v) is 19.8. The Balaban J connectivity index is 1.59. The van der Waals surface area contributed by atoms with Gasteiger partial charge in [0.25, 0.3) is 0 Å². The molecule has 2 aromatic rings. The number of fused-ring (bicyclic) bond motifs is 1. The van der Waals surface area contributed by atoms with Crippen LogP contribution >= 0.6 is 11.3 Å². The maximum Gasteiger partial charge on any atom is 0.246 e. The van der Waals surface area contributed by atoms with Gasteiger partial charge in [0.2, 0.25) is 11.8 Å². The van der Waals surface area contributed by atoms with E-state index < -0.39 is 6.04 Å². The van der Waals surface area contributed by atoms with Gasteiger partial charge in [-0.25, -0.2) is 4.98 Å². The second-order valence-electron chi connectivity index (χ2n) is 9.36. The van der Waals surface area contributed by atoms with E-state index in [0.717, 1.165) is 62.0 Å². The van der Waals surface area contributed by atoms with E-state index >= 15 is 0 Å². The summed E-state index contributed by atoms with van der Waals surface area (Å²) in [5.41, 5.74) is 2.23. The highest BCUT2D eigenvalue weighted by Crippen LogP contribution is 2.38. The molecule has 1 aromatic carbocycles. The Morgan fingerprint density at radius 1 is 1.19 bits per heavy atom. The van der Waals surface area contributed by atoms with Crippen LogP contribution in [0.25, 0.3) is 10.2 Å². The fourth-order valence-electron chi connectivity index (χ4n) is 5.04. The lowest BCUT2D eigenvalue weighted by Gasteiger charge is -2.35. The van der Waals surface area contributed by atoms with E-state index in [1.54, 1.807) is 11.3 Å². The molecule has 3 atom stereocenters. The number of aryl methyl sites for hydroxylation is 1. The van der Waals surface area contributed by atoms with Crippen molar-refractivity contribution in [2.75, 3.05) is 6.54 Å². The largest absolute Gasteiger partial charge is 0.344 e. The molecule has 31 heavy (non-hydrogen) atoms. The number of hydrogen-bond donors (Lipinski definition) is 1. The molecule has 0 unspecified atom stereocenters. The average molecular weight is 442 g/mol. The van der Waals surface area contributed by atoms with Crippen molar-refractivity contribution in [1.82, 2.24) is 15.2 Å². The van der Waals surface area contributed by atoms with E-state index in [2.05, 4.69) is 30.4 Å². The summed E-state index contributed by atoms with van der Waals surface area (Å²) < 4.78 is 1.18. The zero-order valence-electron chi connectivity index (χ0n) is 19.0. The van der Waals surface area contributed by atoms with Crippen LogP contribution in [-0.2, 0) is 9.59 Å². The minimum absolute atomic E-state index is 0.0118. The molecule has 2 fully saturated rings. The number of rotatable bonds is 6. The van der Waals surface area contributed by atoms with E-state index in [4.69, 9.17) is 4.98 Å². The first-order valence-corrected chi connectivity index (χ1v) is 12.8. The zero-order chi connectivity index (χ0) is 22.0. The van der Waals surface area contributed by atoms with Gasteiger partial charge in [0.15, 0.2) is 0 Å². The lowest BCUT2D eigenvalue weighted by atomic mass is 9.83. The van der Waals surface area contributed by atoms with Gasteiger partial charge >= 0.3 is 0 Å². The summed E-state index contributed by atoms with van der Waals surface area (Å²) in [6, 6.07) is 5.89. The van der Waals surface area contributed by atoms with Crippen molar-refractivity contribution < 1.29 is 9.59 Å². The van der Waals surface area contributed by atoms with E-state index in [1.165, 1.54) is 16.7 Å². The summed E-state index contributed by atoms with van der Waals surface area (Å²) in [6.45, 7) is 6.81. The molecule has 6 heteroatoms. The minimum atomic E-state index is -0.404. The monoisotopic (exact) mass is 441 g/mol. The van der Waals surface area contributed by atoms with E-state index in [1.807, 2.05) is 18.7 Å². The highest BCUT2D eigenvalue weighted by molar-refractivity contribution is 7.18. The third-order valence-electron chi connectivity index (χ3n) is 7.20. The molecule has 0 radical (unpaired) electrons. The number of likely N-dealkylation sites (tertiary alicyclic amines) is 1. The van der Waals surface area contributed by atoms with Gasteiger partial charge in [-0.2, -0.15) is 0 Å². The molecule has 2 amide bonds. The Morgan fingerprint density at radius 2 is 1.97 bits per heavy atom. The van der Waals surface area contributed by atoms with Gasteiger partial charge in [-0.3, -0.25) is 9.59 Å². The number of benzene rings is 1. The number of aromatic nitrogens is 1. The summed E-state index contributed by atoms with van der Waals surface area (Å²) in [7, 11) is 0. The molecule has 5 nitrogen and oxygen atoms in total. The van der Waals surface area contributed by atoms with Crippen LogP contribution < -0.4 is 5.32 Å². The fraction of sp³-hybridized carbons (Fsp3) is 0.640. The standard InChI is InChI=1S/C25H35N3O2S/c1-4-16(2)23(29)26-22(18-11-6-5-7-12-18)25(30)28-15-9-13-19(28)24-27-21-17(3)10-8-14-20(21)31-24/h8,10,14,16,18-19,22H,4-7,9,11-13,15H2,1-3H3,(H,26,29)/t16-,19+,22+/m1/s1. The lowest BCUT2D eigenvalue weighted by molar-refractivity contribution is -0.140. The number of nitrogens with zero attached hydrogens (tertiary/aromatic N) is 2. The van der Waals surface area contributed by atoms with Gasteiger partial charge in [-0.15, -0.1) is 11.3 Å².